The molecule has 0 bridgehead atoms. The second-order valence-electron chi connectivity index (χ2n) is 5.98. The van der Waals surface area contributed by atoms with Crippen LogP contribution in [0, 0.1) is 0 Å². The van der Waals surface area contributed by atoms with Crippen LogP contribution in [0.1, 0.15) is 10.4 Å². The van der Waals surface area contributed by atoms with Crippen LogP contribution in [-0.2, 0) is 4.79 Å². The second kappa shape index (κ2) is 8.53. The van der Waals surface area contributed by atoms with Gasteiger partial charge in [-0.15, -0.1) is 0 Å². The molecule has 8 nitrogen and oxygen atoms in total. The quantitative estimate of drug-likeness (QED) is 0.682. The number of amides is 2. The lowest BCUT2D eigenvalue weighted by atomic mass is 10.2. The molecule has 2 aromatic carbocycles. The van der Waals surface area contributed by atoms with Crippen molar-refractivity contribution < 1.29 is 18.8 Å². The number of nitrogens with zero attached hydrogens (tertiary/aromatic N) is 3. The van der Waals surface area contributed by atoms with Crippen LogP contribution in [0.5, 0.6) is 6.08 Å². The molecule has 0 fully saturated rings. The summed E-state index contributed by atoms with van der Waals surface area (Å²) < 4.78 is 10.2. The summed E-state index contributed by atoms with van der Waals surface area (Å²) in [6.07, 6.45) is -0.151. The van der Waals surface area contributed by atoms with Gasteiger partial charge in [-0.05, 0) is 30.3 Å². The summed E-state index contributed by atoms with van der Waals surface area (Å²) in [4.78, 5) is 29.6. The fourth-order valence-corrected chi connectivity index (χ4v) is 2.55. The average Bonchev–Trinajstić information content (AvgIpc) is 3.15. The van der Waals surface area contributed by atoms with Gasteiger partial charge in [0.1, 0.15) is 0 Å². The van der Waals surface area contributed by atoms with Crippen LogP contribution in [0.25, 0.3) is 11.4 Å². The Morgan fingerprint density at radius 1 is 1.18 bits per heavy atom. The Hall–Kier alpha value is -3.39. The summed E-state index contributed by atoms with van der Waals surface area (Å²) in [5.41, 5.74) is 1.53. The summed E-state index contributed by atoms with van der Waals surface area (Å²) in [6.45, 7) is -0.337. The van der Waals surface area contributed by atoms with E-state index in [0.29, 0.717) is 21.8 Å². The predicted octanol–water partition coefficient (Wildman–Crippen LogP) is 3.11. The molecule has 0 aliphatic carbocycles. The minimum Gasteiger partial charge on any atom is -0.439 e. The Morgan fingerprint density at radius 3 is 2.71 bits per heavy atom. The van der Waals surface area contributed by atoms with Crippen LogP contribution in [0.15, 0.2) is 53.1 Å². The molecule has 0 spiro atoms. The number of hydrogen-bond donors (Lipinski definition) is 1. The van der Waals surface area contributed by atoms with Crippen LogP contribution in [0.4, 0.5) is 5.69 Å². The van der Waals surface area contributed by atoms with Crippen LogP contribution in [0.3, 0.4) is 0 Å². The lowest BCUT2D eigenvalue weighted by molar-refractivity contribution is -0.118. The molecule has 0 aliphatic rings. The zero-order valence-electron chi connectivity index (χ0n) is 15.2. The van der Waals surface area contributed by atoms with E-state index in [1.165, 1.54) is 4.90 Å². The van der Waals surface area contributed by atoms with Gasteiger partial charge in [0.2, 0.25) is 5.82 Å². The first kappa shape index (κ1) is 19.4. The van der Waals surface area contributed by atoms with Crippen molar-refractivity contribution in [3.8, 4) is 17.5 Å². The Balaban J connectivity index is 1.59. The van der Waals surface area contributed by atoms with Gasteiger partial charge in [0.05, 0.1) is 5.02 Å². The van der Waals surface area contributed by atoms with Gasteiger partial charge in [-0.1, -0.05) is 35.0 Å². The number of halogens is 1. The molecule has 1 aromatic heterocycles. The number of aromatic nitrogens is 2. The lowest BCUT2D eigenvalue weighted by Gasteiger charge is -2.11. The molecule has 0 unspecified atom stereocenters. The number of anilines is 1. The van der Waals surface area contributed by atoms with Gasteiger partial charge in [-0.2, -0.15) is 4.98 Å². The molecule has 0 aliphatic heterocycles. The summed E-state index contributed by atoms with van der Waals surface area (Å²) in [5, 5.41) is 6.91. The highest BCUT2D eigenvalue weighted by molar-refractivity contribution is 6.33. The van der Waals surface area contributed by atoms with E-state index in [9.17, 15) is 9.59 Å². The normalized spacial score (nSPS) is 10.4. The fraction of sp³-hybridized carbons (Fsp3) is 0.158. The van der Waals surface area contributed by atoms with Gasteiger partial charge in [0.15, 0.2) is 6.61 Å². The van der Waals surface area contributed by atoms with Crippen LogP contribution in [-0.4, -0.2) is 47.6 Å². The Morgan fingerprint density at radius 2 is 1.96 bits per heavy atom. The van der Waals surface area contributed by atoms with Crippen molar-refractivity contribution in [2.24, 2.45) is 0 Å². The molecule has 0 saturated heterocycles. The first-order chi connectivity index (χ1) is 13.4. The number of ether oxygens (including phenoxy) is 1. The zero-order chi connectivity index (χ0) is 20.1. The summed E-state index contributed by atoms with van der Waals surface area (Å²) in [5.74, 6) is -0.340. The van der Waals surface area contributed by atoms with E-state index < -0.39 is 5.91 Å². The van der Waals surface area contributed by atoms with Crippen molar-refractivity contribution >= 4 is 29.1 Å². The number of rotatable bonds is 6. The topological polar surface area (TPSA) is 97.6 Å². The van der Waals surface area contributed by atoms with Crippen molar-refractivity contribution in [3.63, 3.8) is 0 Å². The molecular weight excluding hydrogens is 384 g/mol. The fourth-order valence-electron chi connectivity index (χ4n) is 2.33. The van der Waals surface area contributed by atoms with Gasteiger partial charge in [-0.3, -0.25) is 14.1 Å². The maximum absolute atomic E-state index is 12.1. The zero-order valence-corrected chi connectivity index (χ0v) is 15.9. The third-order valence-electron chi connectivity index (χ3n) is 3.65. The smallest absolute Gasteiger partial charge is 0.418 e. The molecule has 0 radical (unpaired) electrons. The number of benzene rings is 2. The largest absolute Gasteiger partial charge is 0.439 e. The van der Waals surface area contributed by atoms with Crippen LogP contribution < -0.4 is 10.1 Å². The number of hydrogen-bond acceptors (Lipinski definition) is 6. The van der Waals surface area contributed by atoms with Gasteiger partial charge in [-0.25, -0.2) is 0 Å². The molecule has 9 heteroatoms. The monoisotopic (exact) mass is 400 g/mol. The first-order valence-corrected chi connectivity index (χ1v) is 8.65. The lowest BCUT2D eigenvalue weighted by Crippen LogP contribution is -2.23. The number of carbonyl (C=O) groups excluding carboxylic acids is 2. The minimum atomic E-state index is -0.438. The molecular formula is C19H17ClN4O4. The molecule has 0 saturated carbocycles. The predicted molar refractivity (Wildman–Crippen MR) is 103 cm³/mol. The summed E-state index contributed by atoms with van der Waals surface area (Å²) in [7, 11) is 3.31. The Labute approximate surface area is 166 Å². The third kappa shape index (κ3) is 4.66. The van der Waals surface area contributed by atoms with Crippen molar-refractivity contribution in [1.82, 2.24) is 15.0 Å². The summed E-state index contributed by atoms with van der Waals surface area (Å²) >= 11 is 6.09. The first-order valence-electron chi connectivity index (χ1n) is 8.27. The number of carbonyl (C=O) groups is 2. The average molecular weight is 401 g/mol. The third-order valence-corrected chi connectivity index (χ3v) is 3.98. The molecule has 1 N–H and O–H groups in total. The van der Waals surface area contributed by atoms with Gasteiger partial charge < -0.3 is 15.0 Å². The molecule has 3 rings (SSSR count). The standard InChI is InChI=1S/C19H17ClN4O4/c1-24(2)18(26)12-6-5-7-13(10-12)21-16(25)11-27-19-22-17(23-28-19)14-8-3-4-9-15(14)20/h3-10H,11H2,1-2H3,(H,21,25). The van der Waals surface area contributed by atoms with E-state index in [1.807, 2.05) is 0 Å². The van der Waals surface area contributed by atoms with E-state index in [-0.39, 0.29) is 24.4 Å². The van der Waals surface area contributed by atoms with E-state index in [4.69, 9.17) is 20.9 Å². The second-order valence-corrected chi connectivity index (χ2v) is 6.39. The van der Waals surface area contributed by atoms with Crippen LogP contribution >= 0.6 is 11.6 Å². The molecule has 144 valence electrons. The molecule has 0 atom stereocenters. The molecule has 2 amide bonds. The highest BCUT2D eigenvalue weighted by atomic mass is 35.5. The van der Waals surface area contributed by atoms with E-state index in [0.717, 1.165) is 0 Å². The highest BCUT2D eigenvalue weighted by Crippen LogP contribution is 2.26. The van der Waals surface area contributed by atoms with E-state index in [2.05, 4.69) is 15.5 Å². The van der Waals surface area contributed by atoms with Gasteiger partial charge >= 0.3 is 6.08 Å². The van der Waals surface area contributed by atoms with E-state index >= 15 is 0 Å². The van der Waals surface area contributed by atoms with Crippen molar-refractivity contribution in [2.75, 3.05) is 26.0 Å². The maximum Gasteiger partial charge on any atom is 0.418 e. The van der Waals surface area contributed by atoms with Crippen molar-refractivity contribution in [1.29, 1.82) is 0 Å². The highest BCUT2D eigenvalue weighted by Gasteiger charge is 2.14. The van der Waals surface area contributed by atoms with Crippen molar-refractivity contribution in [2.45, 2.75) is 0 Å². The number of nitrogens with one attached hydrogen (secondary N) is 1. The molecule has 28 heavy (non-hydrogen) atoms. The van der Waals surface area contributed by atoms with E-state index in [1.54, 1.807) is 62.6 Å². The summed E-state index contributed by atoms with van der Waals surface area (Å²) in [6, 6.07) is 13.6. The minimum absolute atomic E-state index is 0.151. The van der Waals surface area contributed by atoms with Gasteiger partial charge in [0.25, 0.3) is 11.8 Å². The maximum atomic E-state index is 12.1. The van der Waals surface area contributed by atoms with Gasteiger partial charge in [0, 0.05) is 30.9 Å². The SMILES string of the molecule is CN(C)C(=O)c1cccc(NC(=O)COc2nc(-c3ccccc3Cl)no2)c1. The Kier molecular flexibility index (Phi) is 5.90. The molecule has 1 heterocycles. The Bertz CT molecular complexity index is 1000. The van der Waals surface area contributed by atoms with Crippen LogP contribution in [0.2, 0.25) is 5.02 Å². The van der Waals surface area contributed by atoms with Crippen molar-refractivity contribution in [3.05, 3.63) is 59.1 Å². The molecule has 3 aromatic rings.